The number of rotatable bonds is 4. The molecule has 2 aliphatic carbocycles. The van der Waals surface area contributed by atoms with Gasteiger partial charge in [0.1, 0.15) is 0 Å². The zero-order valence-corrected chi connectivity index (χ0v) is 8.29. The van der Waals surface area contributed by atoms with E-state index in [4.69, 9.17) is 0 Å². The van der Waals surface area contributed by atoms with Crippen molar-refractivity contribution in [3.8, 4) is 0 Å². The van der Waals surface area contributed by atoms with Crippen LogP contribution in [0.5, 0.6) is 0 Å². The molecule has 72 valence electrons. The highest BCUT2D eigenvalue weighted by atomic mass is 16.3. The van der Waals surface area contributed by atoms with Crippen molar-refractivity contribution in [1.29, 1.82) is 0 Å². The van der Waals surface area contributed by atoms with E-state index >= 15 is 0 Å². The topological polar surface area (TPSA) is 20.2 Å². The minimum Gasteiger partial charge on any atom is -0.385 e. The molecule has 1 heteroatoms. The number of hydrogen-bond donors (Lipinski definition) is 1. The minimum absolute atomic E-state index is 0.459. The van der Waals surface area contributed by atoms with Crippen molar-refractivity contribution in [2.24, 2.45) is 5.92 Å². The molecule has 0 bridgehead atoms. The predicted octanol–water partition coefficient (Wildman–Crippen LogP) is 2.81. The van der Waals surface area contributed by atoms with Gasteiger partial charge in [-0.15, -0.1) is 0 Å². The second-order valence-corrected chi connectivity index (χ2v) is 4.26. The molecule has 1 N–H and O–H groups in total. The third-order valence-electron chi connectivity index (χ3n) is 3.19. The molecule has 0 aromatic carbocycles. The molecule has 13 heavy (non-hydrogen) atoms. The van der Waals surface area contributed by atoms with Crippen LogP contribution in [-0.2, 0) is 0 Å². The van der Waals surface area contributed by atoms with E-state index in [0.29, 0.717) is 5.92 Å². The molecule has 0 unspecified atom stereocenters. The van der Waals surface area contributed by atoms with Crippen molar-refractivity contribution in [3.05, 3.63) is 23.8 Å². The average Bonchev–Trinajstić information content (AvgIpc) is 2.87. The van der Waals surface area contributed by atoms with Crippen LogP contribution >= 0.6 is 0 Å². The molecule has 0 aliphatic heterocycles. The summed E-state index contributed by atoms with van der Waals surface area (Å²) in [6.45, 7) is 2.16. The maximum Gasteiger partial charge on any atom is 0.0893 e. The smallest absolute Gasteiger partial charge is 0.0893 e. The highest BCUT2D eigenvalue weighted by Crippen LogP contribution is 2.49. The van der Waals surface area contributed by atoms with Crippen LogP contribution in [0, 0.1) is 5.92 Å². The lowest BCUT2D eigenvalue weighted by Gasteiger charge is -2.42. The standard InChI is InChI=1S/C12H18O/c1-2-3-4-8-12(13)9-7-11(12)10-5-6-10/h4-5,8,11,13H,2-3,6-7,9H2,1H3/b8-4+/t11-,12-/m0/s1. The van der Waals surface area contributed by atoms with Gasteiger partial charge in [0.25, 0.3) is 0 Å². The van der Waals surface area contributed by atoms with E-state index in [0.717, 1.165) is 19.3 Å². The van der Waals surface area contributed by atoms with Gasteiger partial charge in [0.05, 0.1) is 5.60 Å². The molecule has 0 aromatic heterocycles. The Morgan fingerprint density at radius 3 is 2.92 bits per heavy atom. The average molecular weight is 178 g/mol. The fraction of sp³-hybridized carbons (Fsp3) is 0.667. The van der Waals surface area contributed by atoms with E-state index in [1.165, 1.54) is 18.4 Å². The molecular formula is C12H18O. The summed E-state index contributed by atoms with van der Waals surface area (Å²) in [6, 6.07) is 0. The van der Waals surface area contributed by atoms with Crippen molar-refractivity contribution in [2.45, 2.75) is 44.6 Å². The molecule has 0 aromatic rings. The van der Waals surface area contributed by atoms with Gasteiger partial charge in [-0.3, -0.25) is 0 Å². The second-order valence-electron chi connectivity index (χ2n) is 4.26. The lowest BCUT2D eigenvalue weighted by Crippen LogP contribution is -2.44. The first-order valence-electron chi connectivity index (χ1n) is 5.35. The van der Waals surface area contributed by atoms with Crippen molar-refractivity contribution in [1.82, 2.24) is 0 Å². The Morgan fingerprint density at radius 2 is 2.46 bits per heavy atom. The molecule has 2 atom stereocenters. The molecule has 2 aliphatic rings. The Morgan fingerprint density at radius 1 is 1.69 bits per heavy atom. The minimum atomic E-state index is -0.475. The molecule has 0 radical (unpaired) electrons. The monoisotopic (exact) mass is 178 g/mol. The van der Waals surface area contributed by atoms with Gasteiger partial charge < -0.3 is 5.11 Å². The normalized spacial score (nSPS) is 37.4. The summed E-state index contributed by atoms with van der Waals surface area (Å²) in [6.07, 6.45) is 11.9. The van der Waals surface area contributed by atoms with Crippen LogP contribution in [-0.4, -0.2) is 10.7 Å². The molecule has 0 saturated heterocycles. The van der Waals surface area contributed by atoms with Gasteiger partial charge in [-0.25, -0.2) is 0 Å². The molecule has 0 amide bonds. The van der Waals surface area contributed by atoms with Crippen LogP contribution in [0.4, 0.5) is 0 Å². The summed E-state index contributed by atoms with van der Waals surface area (Å²) in [7, 11) is 0. The quantitative estimate of drug-likeness (QED) is 0.656. The Balaban J connectivity index is 1.92. The Bertz CT molecular complexity index is 252. The van der Waals surface area contributed by atoms with Gasteiger partial charge in [0.15, 0.2) is 0 Å². The van der Waals surface area contributed by atoms with Crippen molar-refractivity contribution >= 4 is 0 Å². The number of aliphatic hydroxyl groups is 1. The molecule has 1 nitrogen and oxygen atoms in total. The van der Waals surface area contributed by atoms with E-state index in [9.17, 15) is 5.11 Å². The SMILES string of the molecule is CCC/C=C/[C@]1(O)CC[C@H]1C1=CC1. The second kappa shape index (κ2) is 3.30. The maximum absolute atomic E-state index is 10.2. The number of allylic oxidation sites excluding steroid dienone is 2. The summed E-state index contributed by atoms with van der Waals surface area (Å²) in [4.78, 5) is 0. The van der Waals surface area contributed by atoms with E-state index in [-0.39, 0.29) is 0 Å². The third kappa shape index (κ3) is 1.71. The third-order valence-corrected chi connectivity index (χ3v) is 3.19. The molecule has 1 fully saturated rings. The Labute approximate surface area is 80.2 Å². The molecule has 0 heterocycles. The summed E-state index contributed by atoms with van der Waals surface area (Å²) in [5.74, 6) is 0.459. The summed E-state index contributed by atoms with van der Waals surface area (Å²) in [5.41, 5.74) is 1.01. The van der Waals surface area contributed by atoms with Crippen molar-refractivity contribution < 1.29 is 5.11 Å². The number of unbranched alkanes of at least 4 members (excludes halogenated alkanes) is 1. The summed E-state index contributed by atoms with van der Waals surface area (Å²) in [5, 5.41) is 10.2. The van der Waals surface area contributed by atoms with Crippen LogP contribution in [0.15, 0.2) is 23.8 Å². The van der Waals surface area contributed by atoms with Crippen LogP contribution in [0.3, 0.4) is 0 Å². The van der Waals surface area contributed by atoms with Crippen LogP contribution in [0.25, 0.3) is 0 Å². The lowest BCUT2D eigenvalue weighted by atomic mass is 9.67. The van der Waals surface area contributed by atoms with Gasteiger partial charge in [0, 0.05) is 5.92 Å². The maximum atomic E-state index is 10.2. The fourth-order valence-corrected chi connectivity index (χ4v) is 2.09. The van der Waals surface area contributed by atoms with Crippen molar-refractivity contribution in [3.63, 3.8) is 0 Å². The highest BCUT2D eigenvalue weighted by Gasteiger charge is 2.46. The largest absolute Gasteiger partial charge is 0.385 e. The van der Waals surface area contributed by atoms with Crippen molar-refractivity contribution in [2.75, 3.05) is 0 Å². The Hall–Kier alpha value is -0.560. The fourth-order valence-electron chi connectivity index (χ4n) is 2.09. The van der Waals surface area contributed by atoms with Crippen LogP contribution < -0.4 is 0 Å². The zero-order chi connectivity index (χ0) is 9.31. The highest BCUT2D eigenvalue weighted by molar-refractivity contribution is 5.33. The van der Waals surface area contributed by atoms with Gasteiger partial charge in [-0.1, -0.05) is 37.1 Å². The molecular weight excluding hydrogens is 160 g/mol. The first-order valence-corrected chi connectivity index (χ1v) is 5.35. The first-order chi connectivity index (χ1) is 6.26. The van der Waals surface area contributed by atoms with Gasteiger partial charge in [0.2, 0.25) is 0 Å². The molecule has 1 saturated carbocycles. The van der Waals surface area contributed by atoms with Gasteiger partial charge in [-0.2, -0.15) is 0 Å². The molecule has 0 spiro atoms. The van der Waals surface area contributed by atoms with E-state index in [2.05, 4.69) is 19.1 Å². The van der Waals surface area contributed by atoms with E-state index in [1.807, 2.05) is 6.08 Å². The molecule has 2 rings (SSSR count). The van der Waals surface area contributed by atoms with Gasteiger partial charge in [-0.05, 0) is 25.7 Å². The first kappa shape index (κ1) is 9.01. The van der Waals surface area contributed by atoms with Gasteiger partial charge >= 0.3 is 0 Å². The lowest BCUT2D eigenvalue weighted by molar-refractivity contribution is -0.0319. The van der Waals surface area contributed by atoms with E-state index in [1.54, 1.807) is 0 Å². The van der Waals surface area contributed by atoms with E-state index < -0.39 is 5.60 Å². The number of hydrogen-bond acceptors (Lipinski definition) is 1. The Kier molecular flexibility index (Phi) is 2.29. The summed E-state index contributed by atoms with van der Waals surface area (Å²) >= 11 is 0. The van der Waals surface area contributed by atoms with Crippen LogP contribution in [0.2, 0.25) is 0 Å². The summed E-state index contributed by atoms with van der Waals surface area (Å²) < 4.78 is 0. The zero-order valence-electron chi connectivity index (χ0n) is 8.29. The predicted molar refractivity (Wildman–Crippen MR) is 54.4 cm³/mol. The van der Waals surface area contributed by atoms with Crippen LogP contribution in [0.1, 0.15) is 39.0 Å².